The molecule has 2 spiro atoms. The van der Waals surface area contributed by atoms with Gasteiger partial charge in [0.25, 0.3) is 5.95 Å². The number of piperidine rings is 1. The average Bonchev–Trinajstić information content (AvgIpc) is 1.35. The predicted molar refractivity (Wildman–Crippen MR) is 372 cm³/mol. The van der Waals surface area contributed by atoms with Crippen LogP contribution in [-0.4, -0.2) is 94.5 Å². The van der Waals surface area contributed by atoms with E-state index in [0.717, 1.165) is 97.0 Å². The maximum Gasteiger partial charge on any atom is 0.340 e. The van der Waals surface area contributed by atoms with E-state index in [1.807, 2.05) is 44.3 Å². The van der Waals surface area contributed by atoms with Crippen LogP contribution in [0.2, 0.25) is 0 Å². The highest BCUT2D eigenvalue weighted by Gasteiger charge is 2.72. The van der Waals surface area contributed by atoms with Crippen molar-refractivity contribution in [2.24, 2.45) is 51.8 Å². The number of ketones is 1. The maximum atomic E-state index is 16.7. The summed E-state index contributed by atoms with van der Waals surface area (Å²) in [5, 5.41) is 80.5. The summed E-state index contributed by atoms with van der Waals surface area (Å²) in [5.41, 5.74) is 6.21. The third kappa shape index (κ3) is 11.7. The predicted octanol–water partition coefficient (Wildman–Crippen LogP) is 12.5. The normalized spacial score (nSPS) is 33.6. The van der Waals surface area contributed by atoms with Gasteiger partial charge < -0.3 is 61.3 Å². The summed E-state index contributed by atoms with van der Waals surface area (Å²) in [6, 6.07) is 31.0. The van der Waals surface area contributed by atoms with Crippen molar-refractivity contribution >= 4 is 17.3 Å². The monoisotopic (exact) mass is 1300 g/mol. The first-order valence-electron chi connectivity index (χ1n) is 36.5. The van der Waals surface area contributed by atoms with E-state index in [2.05, 4.69) is 118 Å². The zero-order chi connectivity index (χ0) is 66.1. The Morgan fingerprint density at radius 3 is 2.52 bits per heavy atom. The molecule has 5 aromatic rings. The molecule has 12 aliphatic rings. The smallest absolute Gasteiger partial charge is 0.340 e. The van der Waals surface area contributed by atoms with Crippen LogP contribution in [0, 0.1) is 63.6 Å². The number of aromatic hydroxyl groups is 2. The summed E-state index contributed by atoms with van der Waals surface area (Å²) < 4.78 is 13.8. The van der Waals surface area contributed by atoms with Crippen molar-refractivity contribution in [2.75, 3.05) is 39.8 Å². The number of allylic oxidation sites excluding steroid dienone is 4. The van der Waals surface area contributed by atoms with Crippen LogP contribution in [0.15, 0.2) is 125 Å². The molecule has 0 radical (unpaired) electrons. The number of benzene rings is 4. The third-order valence-electron chi connectivity index (χ3n) is 25.3. The van der Waals surface area contributed by atoms with Gasteiger partial charge >= 0.3 is 5.97 Å². The van der Waals surface area contributed by atoms with Crippen molar-refractivity contribution in [3.8, 4) is 34.7 Å². The number of cyclic esters (lactones) is 1. The number of rotatable bonds is 12. The highest BCUT2D eigenvalue weighted by atomic mass is 16.5. The number of Topliss-reactive ketones (excluding diaryl/α,β-unsaturated/α-hetero) is 1. The van der Waals surface area contributed by atoms with Gasteiger partial charge in [-0.3, -0.25) is 4.79 Å². The second kappa shape index (κ2) is 26.2. The molecule has 5 fully saturated rings. The molecule has 14 heteroatoms. The van der Waals surface area contributed by atoms with Gasteiger partial charge in [0.05, 0.1) is 34.4 Å². The Bertz CT molecular complexity index is 3940. The van der Waals surface area contributed by atoms with Crippen molar-refractivity contribution in [1.29, 1.82) is 0 Å². The summed E-state index contributed by atoms with van der Waals surface area (Å²) in [4.78, 5) is 32.5. The van der Waals surface area contributed by atoms with Crippen LogP contribution in [0.25, 0.3) is 16.7 Å². The first-order chi connectivity index (χ1) is 46.5. The van der Waals surface area contributed by atoms with Crippen LogP contribution < -0.4 is 26.6 Å². The first-order valence-corrected chi connectivity index (χ1v) is 36.5. The SMILES string of the molecule is CCCNCc1cc2cc(c1)C1NCC(C)(O)CC#CC(C3(O)CCCCC3)CC3CC(C4CCNC(NC)C4)(CC(=O)c4oc(O)c5c4CCC46C=CC(NCC2)c2cccc(c2)-c2ccc(O)cc2C2=C7C(=O)OC(=CC(CCO)Cc8ccccc8)C7(CCC24)C56)CC31. The van der Waals surface area contributed by atoms with Crippen molar-refractivity contribution in [2.45, 2.75) is 184 Å². The number of hydrogen-bond acceptors (Lipinski definition) is 14. The lowest BCUT2D eigenvalue weighted by Gasteiger charge is -2.62. The van der Waals surface area contributed by atoms with Crippen molar-refractivity contribution in [3.05, 3.63) is 171 Å². The highest BCUT2D eigenvalue weighted by molar-refractivity contribution is 6.07. The van der Waals surface area contributed by atoms with Crippen LogP contribution in [0.3, 0.4) is 0 Å². The number of β-amino-alcohol motifs (C(OH)–C–C–N with tert-alkyl or cyclic N) is 1. The molecule has 14 atom stereocenters. The molecule has 14 bridgehead atoms. The third-order valence-corrected chi connectivity index (χ3v) is 25.3. The first kappa shape index (κ1) is 65.3. The Morgan fingerprint density at radius 2 is 1.70 bits per heavy atom. The number of ether oxygens (including phenoxy) is 1. The van der Waals surface area contributed by atoms with Gasteiger partial charge in [-0.2, -0.15) is 0 Å². The Balaban J connectivity index is 0.965. The van der Waals surface area contributed by atoms with Gasteiger partial charge in [0.15, 0.2) is 11.5 Å². The molecule has 4 aromatic carbocycles. The molecule has 1 aromatic heterocycles. The minimum absolute atomic E-state index is 0.0123. The molecule has 0 amide bonds. The van der Waals surface area contributed by atoms with Crippen LogP contribution >= 0.6 is 0 Å². The highest BCUT2D eigenvalue weighted by Crippen LogP contribution is 2.78. The van der Waals surface area contributed by atoms with E-state index < -0.39 is 39.3 Å². The minimum Gasteiger partial charge on any atom is -0.508 e. The molecular formula is C82H99N5O9. The number of nitrogens with one attached hydrogen (secondary N) is 5. The number of hydrogen-bond donors (Lipinski definition) is 10. The van der Waals surface area contributed by atoms with Gasteiger partial charge in [-0.15, -0.1) is 0 Å². The second-order valence-electron chi connectivity index (χ2n) is 31.2. The molecule has 7 aliphatic carbocycles. The molecule has 17 rings (SSSR count). The number of phenols is 1. The van der Waals surface area contributed by atoms with Gasteiger partial charge in [0, 0.05) is 73.5 Å². The lowest BCUT2D eigenvalue weighted by Crippen LogP contribution is -2.56. The molecular weight excluding hydrogens is 1200 g/mol. The van der Waals surface area contributed by atoms with Gasteiger partial charge in [0.2, 0.25) is 0 Å². The Hall–Kier alpha value is -6.64. The molecule has 96 heavy (non-hydrogen) atoms. The van der Waals surface area contributed by atoms with Crippen LogP contribution in [-0.2, 0) is 35.3 Å². The van der Waals surface area contributed by atoms with Gasteiger partial charge in [-0.25, -0.2) is 4.79 Å². The van der Waals surface area contributed by atoms with E-state index >= 15 is 9.59 Å². The Kier molecular flexibility index (Phi) is 17.8. The molecule has 14 unspecified atom stereocenters. The standard InChI is InChI=1S/C82H99N5O9/c1-4-32-84-48-53-37-51-23-33-85-66-22-30-80-29-20-62-71(75(80)82-31-21-65(80)70(63-44-60(89)18-19-61(63)54-15-11-16-55(66)41-54)72(82)77(92)95-68(82)40-52(25-35-88)36-50-13-7-5-8-14-50)76(91)96-74(62)67(90)47-79(58-24-34-86-69(43-58)83-3)45-57-42-59(81(94)27-9-6-10-28-81)17-12-26-78(2,93)49-87-73(64(57)46-79)56(38-51)39-53/h5,7-8,11,13-16,18-19,22,30,37-41,44,52,57-59,64-66,69,73,75,83-89,91,93-94H,4,6,9-10,20-21,23-29,31-36,42-43,45-49H2,1-3H3. The zero-order valence-corrected chi connectivity index (χ0v) is 56.4. The summed E-state index contributed by atoms with van der Waals surface area (Å²) in [5.74, 6) is 5.57. The number of esters is 1. The largest absolute Gasteiger partial charge is 0.508 e. The van der Waals surface area contributed by atoms with Crippen LogP contribution in [0.5, 0.6) is 11.7 Å². The molecule has 10 N–H and O–H groups in total. The minimum atomic E-state index is -1.18. The van der Waals surface area contributed by atoms with Crippen molar-refractivity contribution in [3.63, 3.8) is 0 Å². The van der Waals surface area contributed by atoms with E-state index in [-0.39, 0.29) is 96.4 Å². The molecule has 2 saturated heterocycles. The van der Waals surface area contributed by atoms with Crippen LogP contribution in [0.1, 0.15) is 196 Å². The van der Waals surface area contributed by atoms with Gasteiger partial charge in [-0.05, 0) is 233 Å². The number of furan rings is 1. The fraction of sp³-hybridized carbons (Fsp3) is 0.537. The van der Waals surface area contributed by atoms with E-state index in [0.29, 0.717) is 113 Å². The number of carbonyl (C=O) groups is 2. The molecule has 5 aliphatic heterocycles. The lowest BCUT2D eigenvalue weighted by atomic mass is 9.38. The average molecular weight is 1300 g/mol. The quantitative estimate of drug-likeness (QED) is 0.0243. The number of aliphatic hydroxyl groups is 3. The fourth-order valence-corrected chi connectivity index (χ4v) is 21.0. The van der Waals surface area contributed by atoms with Gasteiger partial charge in [-0.1, -0.05) is 123 Å². The number of aliphatic hydroxyl groups excluding tert-OH is 1. The van der Waals surface area contributed by atoms with Crippen LogP contribution in [0.4, 0.5) is 0 Å². The zero-order valence-electron chi connectivity index (χ0n) is 56.4. The molecule has 506 valence electrons. The van der Waals surface area contributed by atoms with E-state index in [1.165, 1.54) is 11.1 Å². The number of fused-ring (bicyclic) bond motifs is 9. The summed E-state index contributed by atoms with van der Waals surface area (Å²) in [6.45, 7) is 7.25. The summed E-state index contributed by atoms with van der Waals surface area (Å²) in [7, 11) is 2.01. The molecule has 6 heterocycles. The van der Waals surface area contributed by atoms with Crippen molar-refractivity contribution in [1.82, 2.24) is 26.6 Å². The van der Waals surface area contributed by atoms with Gasteiger partial charge in [0.1, 0.15) is 11.5 Å². The number of carbonyl (C=O) groups excluding carboxylic acids is 2. The Morgan fingerprint density at radius 1 is 0.844 bits per heavy atom. The van der Waals surface area contributed by atoms with Crippen molar-refractivity contribution < 1.29 is 44.3 Å². The topological polar surface area (TPSA) is 218 Å². The summed E-state index contributed by atoms with van der Waals surface area (Å²) >= 11 is 0. The lowest BCUT2D eigenvalue weighted by molar-refractivity contribution is -0.132. The Labute approximate surface area is 566 Å². The van der Waals surface area contributed by atoms with E-state index in [1.54, 1.807) is 6.07 Å². The summed E-state index contributed by atoms with van der Waals surface area (Å²) in [6.07, 6.45) is 20.2. The fourth-order valence-electron chi connectivity index (χ4n) is 21.0. The second-order valence-corrected chi connectivity index (χ2v) is 31.2. The maximum absolute atomic E-state index is 16.7. The van der Waals surface area contributed by atoms with E-state index in [4.69, 9.17) is 9.15 Å². The number of phenolic OH excluding ortho intramolecular Hbond substituents is 1. The molecule has 14 nitrogen and oxygen atoms in total. The van der Waals surface area contributed by atoms with E-state index in [9.17, 15) is 25.5 Å². The molecule has 3 saturated carbocycles.